The number of halogens is 3. The Morgan fingerprint density at radius 2 is 1.77 bits per heavy atom. The van der Waals surface area contributed by atoms with Gasteiger partial charge in [0.2, 0.25) is 21.8 Å². The fraction of sp³-hybridized carbons (Fsp3) is 0.433. The number of rotatable bonds is 11. The fourth-order valence-corrected chi connectivity index (χ4v) is 5.94. The molecular formula is C30H35F3N4O5S. The minimum Gasteiger partial charge on any atom is -0.356 e. The first-order valence-corrected chi connectivity index (χ1v) is 15.6. The van der Waals surface area contributed by atoms with Crippen LogP contribution in [0.4, 0.5) is 13.2 Å². The minimum absolute atomic E-state index is 0.0216. The van der Waals surface area contributed by atoms with Gasteiger partial charge in [-0.05, 0) is 66.5 Å². The number of hydrogen-bond donors (Lipinski definition) is 3. The quantitative estimate of drug-likeness (QED) is 0.355. The number of alkyl halides is 3. The summed E-state index contributed by atoms with van der Waals surface area (Å²) in [5.74, 6) is -1.11. The Morgan fingerprint density at radius 1 is 1.07 bits per heavy atom. The topological polar surface area (TPSA) is 125 Å². The molecule has 9 nitrogen and oxygen atoms in total. The number of hydrogen-bond acceptors (Lipinski definition) is 5. The summed E-state index contributed by atoms with van der Waals surface area (Å²) in [5.41, 5.74) is 0.866. The van der Waals surface area contributed by atoms with Gasteiger partial charge in [-0.15, -0.1) is 0 Å². The molecule has 43 heavy (non-hydrogen) atoms. The Bertz CT molecular complexity index is 1420. The molecule has 2 heterocycles. The zero-order valence-corrected chi connectivity index (χ0v) is 24.3. The Labute approximate surface area is 249 Å². The Balaban J connectivity index is 1.42. The van der Waals surface area contributed by atoms with Crippen LogP contribution in [0.5, 0.6) is 0 Å². The van der Waals surface area contributed by atoms with E-state index in [1.165, 1.54) is 12.1 Å². The number of carbonyl (C=O) groups is 3. The zero-order chi connectivity index (χ0) is 31.2. The van der Waals surface area contributed by atoms with E-state index in [1.54, 1.807) is 29.2 Å². The molecule has 0 saturated carbocycles. The van der Waals surface area contributed by atoms with E-state index >= 15 is 0 Å². The molecular weight excluding hydrogens is 585 g/mol. The van der Waals surface area contributed by atoms with Crippen molar-refractivity contribution in [3.05, 3.63) is 82.8 Å². The summed E-state index contributed by atoms with van der Waals surface area (Å²) in [6, 6.07) is 11.4. The third-order valence-electron chi connectivity index (χ3n) is 7.93. The molecule has 4 rings (SSSR count). The standard InChI is InChI=1S/C30H35F3N4O5S/c1-2-43(41,42)36-18-22-13-14-37(19-22)29(40)24-8-6-23(7-9-24)26(15-21-5-12-27(38)34-17-21)28(39)35-16-20-3-10-25(11-4-20)30(31,32)33/h2-4,6-11,21-22,26,36H,1,5,12-19H2,(H,34,38)(H,35,39)/t21?,22-,26-/m1/s1. The summed E-state index contributed by atoms with van der Waals surface area (Å²) in [6.07, 6.45) is -2.35. The van der Waals surface area contributed by atoms with Crippen LogP contribution in [0, 0.1) is 11.8 Å². The first kappa shape index (κ1) is 32.2. The van der Waals surface area contributed by atoms with Crippen molar-refractivity contribution in [3.8, 4) is 0 Å². The highest BCUT2D eigenvalue weighted by molar-refractivity contribution is 7.92. The van der Waals surface area contributed by atoms with Crippen molar-refractivity contribution in [1.29, 1.82) is 0 Å². The molecule has 2 fully saturated rings. The van der Waals surface area contributed by atoms with Crippen molar-refractivity contribution in [2.45, 2.75) is 44.3 Å². The number of benzene rings is 2. The Morgan fingerprint density at radius 3 is 2.37 bits per heavy atom. The first-order valence-electron chi connectivity index (χ1n) is 14.1. The monoisotopic (exact) mass is 620 g/mol. The molecule has 232 valence electrons. The van der Waals surface area contributed by atoms with E-state index in [9.17, 15) is 36.0 Å². The van der Waals surface area contributed by atoms with Gasteiger partial charge in [0.1, 0.15) is 0 Å². The minimum atomic E-state index is -4.45. The Kier molecular flexibility index (Phi) is 10.3. The largest absolute Gasteiger partial charge is 0.416 e. The number of piperidine rings is 1. The van der Waals surface area contributed by atoms with Crippen molar-refractivity contribution >= 4 is 27.7 Å². The number of nitrogens with zero attached hydrogens (tertiary/aromatic N) is 1. The smallest absolute Gasteiger partial charge is 0.356 e. The van der Waals surface area contributed by atoms with Crippen LogP contribution in [0.25, 0.3) is 0 Å². The van der Waals surface area contributed by atoms with E-state index in [0.717, 1.165) is 17.5 Å². The summed E-state index contributed by atoms with van der Waals surface area (Å²) in [5, 5.41) is 6.50. The number of amides is 3. The highest BCUT2D eigenvalue weighted by Crippen LogP contribution is 2.30. The van der Waals surface area contributed by atoms with Gasteiger partial charge in [-0.2, -0.15) is 13.2 Å². The predicted molar refractivity (Wildman–Crippen MR) is 154 cm³/mol. The third-order valence-corrected chi connectivity index (χ3v) is 8.93. The molecule has 0 aliphatic carbocycles. The molecule has 2 aromatic carbocycles. The molecule has 0 aromatic heterocycles. The van der Waals surface area contributed by atoms with E-state index in [1.807, 2.05) is 0 Å². The molecule has 2 aliphatic rings. The molecule has 3 amide bonds. The lowest BCUT2D eigenvalue weighted by molar-refractivity contribution is -0.137. The highest BCUT2D eigenvalue weighted by atomic mass is 32.2. The van der Waals surface area contributed by atoms with E-state index in [2.05, 4.69) is 21.9 Å². The van der Waals surface area contributed by atoms with E-state index in [-0.39, 0.29) is 42.6 Å². The van der Waals surface area contributed by atoms with E-state index < -0.39 is 27.7 Å². The zero-order valence-electron chi connectivity index (χ0n) is 23.5. The van der Waals surface area contributed by atoms with Crippen molar-refractivity contribution in [2.24, 2.45) is 11.8 Å². The van der Waals surface area contributed by atoms with Crippen LogP contribution < -0.4 is 15.4 Å². The van der Waals surface area contributed by atoms with Crippen molar-refractivity contribution in [2.75, 3.05) is 26.2 Å². The van der Waals surface area contributed by atoms with Crippen LogP contribution in [0.15, 0.2) is 60.5 Å². The van der Waals surface area contributed by atoms with Gasteiger partial charge in [0.05, 0.1) is 11.5 Å². The van der Waals surface area contributed by atoms with Gasteiger partial charge in [-0.3, -0.25) is 14.4 Å². The molecule has 0 radical (unpaired) electrons. The summed E-state index contributed by atoms with van der Waals surface area (Å²) in [7, 11) is -3.54. The second-order valence-corrected chi connectivity index (χ2v) is 12.7. The van der Waals surface area contributed by atoms with Gasteiger partial charge < -0.3 is 15.5 Å². The highest BCUT2D eigenvalue weighted by Gasteiger charge is 2.31. The van der Waals surface area contributed by atoms with Crippen LogP contribution in [-0.4, -0.2) is 57.2 Å². The van der Waals surface area contributed by atoms with Crippen LogP contribution in [-0.2, 0) is 32.3 Å². The second kappa shape index (κ2) is 13.7. The number of sulfonamides is 1. The van der Waals surface area contributed by atoms with Gasteiger partial charge in [0, 0.05) is 50.1 Å². The average molecular weight is 621 g/mol. The van der Waals surface area contributed by atoms with Gasteiger partial charge in [-0.25, -0.2) is 13.1 Å². The van der Waals surface area contributed by atoms with Crippen LogP contribution >= 0.6 is 0 Å². The van der Waals surface area contributed by atoms with Gasteiger partial charge >= 0.3 is 6.18 Å². The first-order chi connectivity index (χ1) is 20.3. The van der Waals surface area contributed by atoms with Gasteiger partial charge in [0.25, 0.3) is 5.91 Å². The summed E-state index contributed by atoms with van der Waals surface area (Å²) >= 11 is 0. The average Bonchev–Trinajstić information content (AvgIpc) is 3.47. The molecule has 2 aliphatic heterocycles. The molecule has 3 atom stereocenters. The molecule has 13 heteroatoms. The summed E-state index contributed by atoms with van der Waals surface area (Å²) in [6.45, 7) is 4.86. The number of carbonyl (C=O) groups excluding carboxylic acids is 3. The number of nitrogens with one attached hydrogen (secondary N) is 3. The summed E-state index contributed by atoms with van der Waals surface area (Å²) in [4.78, 5) is 39.8. The summed E-state index contributed by atoms with van der Waals surface area (Å²) < 4.78 is 64.4. The number of likely N-dealkylation sites (tertiary alicyclic amines) is 1. The molecule has 0 spiro atoms. The molecule has 3 N–H and O–H groups in total. The maximum absolute atomic E-state index is 13.4. The second-order valence-electron chi connectivity index (χ2n) is 11.0. The fourth-order valence-electron chi connectivity index (χ4n) is 5.35. The predicted octanol–water partition coefficient (Wildman–Crippen LogP) is 3.55. The van der Waals surface area contributed by atoms with Crippen molar-refractivity contribution < 1.29 is 36.0 Å². The van der Waals surface area contributed by atoms with Gasteiger partial charge in [-0.1, -0.05) is 30.8 Å². The molecule has 2 saturated heterocycles. The normalized spacial score (nSPS) is 19.9. The van der Waals surface area contributed by atoms with E-state index in [4.69, 9.17) is 0 Å². The molecule has 2 aromatic rings. The lowest BCUT2D eigenvalue weighted by atomic mass is 9.84. The third kappa shape index (κ3) is 8.90. The molecule has 1 unspecified atom stereocenters. The lowest BCUT2D eigenvalue weighted by Crippen LogP contribution is -2.37. The maximum Gasteiger partial charge on any atom is 0.416 e. The molecule has 0 bridgehead atoms. The maximum atomic E-state index is 13.4. The van der Waals surface area contributed by atoms with Crippen LogP contribution in [0.3, 0.4) is 0 Å². The van der Waals surface area contributed by atoms with Crippen molar-refractivity contribution in [1.82, 2.24) is 20.3 Å². The SMILES string of the molecule is C=CS(=O)(=O)NC[C@H]1CCN(C(=O)c2ccc([C@@H](CC3CCC(=O)NC3)C(=O)NCc3ccc(C(F)(F)F)cc3)cc2)C1. The van der Waals surface area contributed by atoms with Gasteiger partial charge in [0.15, 0.2) is 0 Å². The Hall–Kier alpha value is -3.71. The van der Waals surface area contributed by atoms with Crippen molar-refractivity contribution in [3.63, 3.8) is 0 Å². The lowest BCUT2D eigenvalue weighted by Gasteiger charge is -2.27. The van der Waals surface area contributed by atoms with Crippen LogP contribution in [0.2, 0.25) is 0 Å². The van der Waals surface area contributed by atoms with Crippen LogP contribution in [0.1, 0.15) is 58.6 Å². The van der Waals surface area contributed by atoms with E-state index in [0.29, 0.717) is 62.0 Å².